The molecular formula is C25H30ClF3N2O3S. The quantitative estimate of drug-likeness (QED) is 0.457. The number of nitrogens with zero attached hydrogens (tertiary/aromatic N) is 1. The summed E-state index contributed by atoms with van der Waals surface area (Å²) in [6, 6.07) is 9.73. The summed E-state index contributed by atoms with van der Waals surface area (Å²) in [6.45, 7) is 4.37. The number of hydrogen-bond acceptors (Lipinski definition) is 4. The molecule has 10 heteroatoms. The van der Waals surface area contributed by atoms with Crippen molar-refractivity contribution < 1.29 is 27.9 Å². The highest BCUT2D eigenvalue weighted by atomic mass is 35.5. The van der Waals surface area contributed by atoms with E-state index in [-0.39, 0.29) is 5.91 Å². The summed E-state index contributed by atoms with van der Waals surface area (Å²) < 4.78 is 31.7. The summed E-state index contributed by atoms with van der Waals surface area (Å²) in [5, 5.41) is 13.0. The minimum atomic E-state index is -5.08. The number of carbonyl (C=O) groups is 2. The van der Waals surface area contributed by atoms with Gasteiger partial charge in [-0.2, -0.15) is 13.2 Å². The maximum Gasteiger partial charge on any atom is 0.490 e. The molecule has 1 saturated carbocycles. The first-order valence-electron chi connectivity index (χ1n) is 11.8. The molecule has 0 spiro atoms. The zero-order valence-corrected chi connectivity index (χ0v) is 20.9. The van der Waals surface area contributed by atoms with Crippen molar-refractivity contribution in [1.29, 1.82) is 0 Å². The Labute approximate surface area is 212 Å². The largest absolute Gasteiger partial charge is 0.490 e. The second-order valence-electron chi connectivity index (χ2n) is 9.14. The van der Waals surface area contributed by atoms with Gasteiger partial charge in [0.25, 0.3) is 5.91 Å². The monoisotopic (exact) mass is 530 g/mol. The Morgan fingerprint density at radius 3 is 2.46 bits per heavy atom. The number of benzene rings is 1. The molecule has 2 aromatic rings. The summed E-state index contributed by atoms with van der Waals surface area (Å²) in [5.74, 6) is -1.23. The predicted octanol–water partition coefficient (Wildman–Crippen LogP) is 6.33. The lowest BCUT2D eigenvalue weighted by molar-refractivity contribution is -0.192. The number of nitrogens with one attached hydrogen (secondary N) is 1. The molecule has 1 atom stereocenters. The summed E-state index contributed by atoms with van der Waals surface area (Å²) in [6.07, 6.45) is 3.18. The van der Waals surface area contributed by atoms with Crippen molar-refractivity contribution in [3.05, 3.63) is 45.6 Å². The van der Waals surface area contributed by atoms with E-state index in [9.17, 15) is 18.0 Å². The molecule has 1 unspecified atom stereocenters. The van der Waals surface area contributed by atoms with Crippen molar-refractivity contribution in [3.63, 3.8) is 0 Å². The van der Waals surface area contributed by atoms with E-state index in [1.165, 1.54) is 63.0 Å². The Bertz CT molecular complexity index is 992. The molecule has 35 heavy (non-hydrogen) atoms. The van der Waals surface area contributed by atoms with Crippen molar-refractivity contribution in [3.8, 4) is 11.1 Å². The number of rotatable bonds is 6. The second kappa shape index (κ2) is 12.7. The smallest absolute Gasteiger partial charge is 0.475 e. The van der Waals surface area contributed by atoms with E-state index in [4.69, 9.17) is 21.5 Å². The highest BCUT2D eigenvalue weighted by Crippen LogP contribution is 2.28. The first-order chi connectivity index (χ1) is 16.6. The average molecular weight is 531 g/mol. The maximum atomic E-state index is 12.6. The number of carboxylic acids is 1. The highest BCUT2D eigenvalue weighted by Gasteiger charge is 2.38. The topological polar surface area (TPSA) is 69.6 Å². The summed E-state index contributed by atoms with van der Waals surface area (Å²) in [5.41, 5.74) is 2.11. The van der Waals surface area contributed by atoms with Gasteiger partial charge in [-0.1, -0.05) is 43.0 Å². The van der Waals surface area contributed by atoms with Crippen LogP contribution >= 0.6 is 22.9 Å². The first-order valence-corrected chi connectivity index (χ1v) is 13.0. The number of alkyl halides is 3. The number of halogens is 4. The lowest BCUT2D eigenvalue weighted by Crippen LogP contribution is -2.32. The van der Waals surface area contributed by atoms with Gasteiger partial charge in [-0.25, -0.2) is 4.79 Å². The molecule has 0 radical (unpaired) electrons. The van der Waals surface area contributed by atoms with Gasteiger partial charge in [-0.05, 0) is 72.3 Å². The molecule has 2 fully saturated rings. The summed E-state index contributed by atoms with van der Waals surface area (Å²) >= 11 is 7.58. The van der Waals surface area contributed by atoms with Gasteiger partial charge in [0, 0.05) is 24.7 Å². The molecule has 1 amide bonds. The van der Waals surface area contributed by atoms with Crippen LogP contribution in [0, 0.1) is 11.8 Å². The third-order valence-electron chi connectivity index (χ3n) is 6.39. The van der Waals surface area contributed by atoms with E-state index >= 15 is 0 Å². The number of carboxylic acid groups (broad SMARTS) is 1. The lowest BCUT2D eigenvalue weighted by atomic mass is 9.89. The van der Waals surface area contributed by atoms with E-state index in [0.29, 0.717) is 10.9 Å². The van der Waals surface area contributed by atoms with Crippen molar-refractivity contribution in [2.24, 2.45) is 11.8 Å². The van der Waals surface area contributed by atoms with Gasteiger partial charge in [0.15, 0.2) is 0 Å². The Hall–Kier alpha value is -2.10. The van der Waals surface area contributed by atoms with Gasteiger partial charge < -0.3 is 15.3 Å². The van der Waals surface area contributed by atoms with Gasteiger partial charge in [-0.15, -0.1) is 11.3 Å². The van der Waals surface area contributed by atoms with Gasteiger partial charge in [-0.3, -0.25) is 4.79 Å². The van der Waals surface area contributed by atoms with E-state index in [2.05, 4.69) is 10.2 Å². The maximum absolute atomic E-state index is 12.6. The number of aliphatic carboxylic acids is 1. The molecule has 2 aliphatic rings. The molecule has 0 bridgehead atoms. The molecule has 1 aliphatic heterocycles. The van der Waals surface area contributed by atoms with Crippen LogP contribution in [0.4, 0.5) is 13.2 Å². The SMILES string of the molecule is O=C(NCC1CCN(CC2CCCCC2)C1)c1cc(-c2cccc(Cl)c2)cs1.O=C(O)C(F)(F)F. The van der Waals surface area contributed by atoms with E-state index in [0.717, 1.165) is 35.0 Å². The van der Waals surface area contributed by atoms with E-state index in [1.807, 2.05) is 35.7 Å². The molecule has 2 heterocycles. The average Bonchev–Trinajstić information content (AvgIpc) is 3.48. The third kappa shape index (κ3) is 8.81. The Balaban J connectivity index is 0.000000429. The van der Waals surface area contributed by atoms with Crippen LogP contribution in [0.25, 0.3) is 11.1 Å². The number of likely N-dealkylation sites (tertiary alicyclic amines) is 1. The highest BCUT2D eigenvalue weighted by molar-refractivity contribution is 7.12. The number of thiophene rings is 1. The second-order valence-corrected chi connectivity index (χ2v) is 10.5. The molecule has 5 nitrogen and oxygen atoms in total. The molecule has 1 aliphatic carbocycles. The third-order valence-corrected chi connectivity index (χ3v) is 7.55. The van der Waals surface area contributed by atoms with Crippen LogP contribution < -0.4 is 5.32 Å². The first kappa shape index (κ1) is 27.5. The minimum Gasteiger partial charge on any atom is -0.475 e. The minimum absolute atomic E-state index is 0.0454. The fourth-order valence-electron chi connectivity index (χ4n) is 4.58. The fourth-order valence-corrected chi connectivity index (χ4v) is 5.60. The molecule has 4 rings (SSSR count). The van der Waals surface area contributed by atoms with Crippen molar-refractivity contribution >= 4 is 34.8 Å². The molecular weight excluding hydrogens is 501 g/mol. The van der Waals surface area contributed by atoms with Crippen LogP contribution in [0.2, 0.25) is 5.02 Å². The Morgan fingerprint density at radius 1 is 1.09 bits per heavy atom. The predicted molar refractivity (Wildman–Crippen MR) is 132 cm³/mol. The number of hydrogen-bond donors (Lipinski definition) is 2. The van der Waals surface area contributed by atoms with Gasteiger partial charge in [0.05, 0.1) is 4.88 Å². The number of amides is 1. The molecule has 192 valence electrons. The lowest BCUT2D eigenvalue weighted by Gasteiger charge is -2.26. The molecule has 2 N–H and O–H groups in total. The number of carbonyl (C=O) groups excluding carboxylic acids is 1. The van der Waals surface area contributed by atoms with Crippen LogP contribution in [0.15, 0.2) is 35.7 Å². The van der Waals surface area contributed by atoms with E-state index in [1.54, 1.807) is 0 Å². The van der Waals surface area contributed by atoms with Gasteiger partial charge in [0.2, 0.25) is 0 Å². The van der Waals surface area contributed by atoms with E-state index < -0.39 is 12.1 Å². The van der Waals surface area contributed by atoms with Crippen molar-refractivity contribution in [1.82, 2.24) is 10.2 Å². The van der Waals surface area contributed by atoms with Crippen LogP contribution in [0.1, 0.15) is 48.2 Å². The summed E-state index contributed by atoms with van der Waals surface area (Å²) in [7, 11) is 0. The zero-order chi connectivity index (χ0) is 25.4. The normalized spacial score (nSPS) is 19.1. The Kier molecular flexibility index (Phi) is 10.0. The van der Waals surface area contributed by atoms with Crippen LogP contribution in [0.3, 0.4) is 0 Å². The molecule has 1 aromatic heterocycles. The van der Waals surface area contributed by atoms with Gasteiger partial charge >= 0.3 is 12.1 Å². The summed E-state index contributed by atoms with van der Waals surface area (Å²) in [4.78, 5) is 24.9. The standard InChI is InChI=1S/C23H29ClN2OS.C2HF3O2/c24-21-8-4-7-19(11-21)20-12-22(28-16-20)23(27)25-13-18-9-10-26(15-18)14-17-5-2-1-3-6-17;3-2(4,5)1(6)7/h4,7-8,11-12,16-18H,1-3,5-6,9-10,13-15H2,(H,25,27);(H,6,7). The Morgan fingerprint density at radius 2 is 1.80 bits per heavy atom. The molecule has 1 saturated heterocycles. The van der Waals surface area contributed by atoms with Crippen LogP contribution in [-0.2, 0) is 4.79 Å². The molecule has 1 aromatic carbocycles. The zero-order valence-electron chi connectivity index (χ0n) is 19.3. The fraction of sp³-hybridized carbons (Fsp3) is 0.520. The van der Waals surface area contributed by atoms with Crippen LogP contribution in [-0.4, -0.2) is 54.2 Å². The van der Waals surface area contributed by atoms with Crippen molar-refractivity contribution in [2.75, 3.05) is 26.2 Å². The van der Waals surface area contributed by atoms with Gasteiger partial charge in [0.1, 0.15) is 0 Å². The van der Waals surface area contributed by atoms with Crippen molar-refractivity contribution in [2.45, 2.75) is 44.7 Å². The van der Waals surface area contributed by atoms with Crippen LogP contribution in [0.5, 0.6) is 0 Å².